The Labute approximate surface area is 90.3 Å². The van der Waals surface area contributed by atoms with Crippen molar-refractivity contribution in [2.75, 3.05) is 19.8 Å². The maximum absolute atomic E-state index is 11.4. The van der Waals surface area contributed by atoms with E-state index in [0.717, 1.165) is 38.9 Å². The molecule has 0 aromatic carbocycles. The quantitative estimate of drug-likeness (QED) is 0.759. The third-order valence-electron chi connectivity index (χ3n) is 2.93. The summed E-state index contributed by atoms with van der Waals surface area (Å²) in [6.45, 7) is 4.10. The van der Waals surface area contributed by atoms with E-state index in [1.54, 1.807) is 0 Å². The minimum atomic E-state index is -0.491. The molecule has 0 bridgehead atoms. The Balaban J connectivity index is 1.65. The van der Waals surface area contributed by atoms with Gasteiger partial charge in [-0.3, -0.25) is 4.79 Å². The number of hydrogen-bond acceptors (Lipinski definition) is 3. The second-order valence-corrected chi connectivity index (χ2v) is 4.50. The summed E-state index contributed by atoms with van der Waals surface area (Å²) >= 11 is 0. The highest BCUT2D eigenvalue weighted by Crippen LogP contribution is 2.29. The Bertz CT molecular complexity index is 232. The molecular formula is C11H19NO3. The van der Waals surface area contributed by atoms with Gasteiger partial charge in [0.05, 0.1) is 13.2 Å². The summed E-state index contributed by atoms with van der Waals surface area (Å²) in [4.78, 5) is 11.4. The minimum Gasteiger partial charge on any atom is -0.356 e. The van der Waals surface area contributed by atoms with Crippen molar-refractivity contribution in [3.63, 3.8) is 0 Å². The number of carbonyl (C=O) groups is 1. The average molecular weight is 213 g/mol. The summed E-state index contributed by atoms with van der Waals surface area (Å²) in [6.07, 6.45) is 3.79. The summed E-state index contributed by atoms with van der Waals surface area (Å²) in [5.41, 5.74) is 0. The summed E-state index contributed by atoms with van der Waals surface area (Å²) in [7, 11) is 0. The van der Waals surface area contributed by atoms with E-state index < -0.39 is 5.79 Å². The van der Waals surface area contributed by atoms with E-state index in [1.807, 2.05) is 6.92 Å². The summed E-state index contributed by atoms with van der Waals surface area (Å²) < 4.78 is 11.1. The SMILES string of the molecule is CC1(CCNC(=O)C2CC2)OCCCO1. The lowest BCUT2D eigenvalue weighted by Crippen LogP contribution is -2.41. The number of nitrogens with one attached hydrogen (secondary N) is 1. The monoisotopic (exact) mass is 213 g/mol. The van der Waals surface area contributed by atoms with Gasteiger partial charge in [-0.25, -0.2) is 0 Å². The first-order chi connectivity index (χ1) is 7.20. The smallest absolute Gasteiger partial charge is 0.223 e. The maximum atomic E-state index is 11.4. The number of amides is 1. The van der Waals surface area contributed by atoms with Crippen LogP contribution in [0.5, 0.6) is 0 Å². The summed E-state index contributed by atoms with van der Waals surface area (Å²) in [6, 6.07) is 0. The highest BCUT2D eigenvalue weighted by atomic mass is 16.7. The zero-order valence-electron chi connectivity index (χ0n) is 9.25. The van der Waals surface area contributed by atoms with Crippen LogP contribution in [0.25, 0.3) is 0 Å². The molecule has 1 amide bonds. The molecule has 1 N–H and O–H groups in total. The van der Waals surface area contributed by atoms with Gasteiger partial charge in [-0.2, -0.15) is 0 Å². The molecule has 0 aromatic heterocycles. The molecule has 4 heteroatoms. The van der Waals surface area contributed by atoms with Crippen molar-refractivity contribution in [3.8, 4) is 0 Å². The predicted molar refractivity (Wildman–Crippen MR) is 55.3 cm³/mol. The number of hydrogen-bond donors (Lipinski definition) is 1. The second kappa shape index (κ2) is 4.49. The Morgan fingerprint density at radius 3 is 2.67 bits per heavy atom. The van der Waals surface area contributed by atoms with Crippen LogP contribution >= 0.6 is 0 Å². The number of ether oxygens (including phenoxy) is 2. The molecule has 0 radical (unpaired) electrons. The molecule has 1 saturated heterocycles. The van der Waals surface area contributed by atoms with Crippen molar-refractivity contribution in [1.82, 2.24) is 5.32 Å². The molecule has 1 saturated carbocycles. The van der Waals surface area contributed by atoms with Crippen LogP contribution in [0.3, 0.4) is 0 Å². The number of rotatable bonds is 4. The van der Waals surface area contributed by atoms with E-state index in [1.165, 1.54) is 0 Å². The summed E-state index contributed by atoms with van der Waals surface area (Å²) in [5.74, 6) is -0.0184. The van der Waals surface area contributed by atoms with Crippen molar-refractivity contribution in [2.45, 2.75) is 38.4 Å². The fourth-order valence-electron chi connectivity index (χ4n) is 1.72. The van der Waals surface area contributed by atoms with Crippen LogP contribution in [0.4, 0.5) is 0 Å². The van der Waals surface area contributed by atoms with Crippen LogP contribution in [0, 0.1) is 5.92 Å². The Hall–Kier alpha value is -0.610. The van der Waals surface area contributed by atoms with Gasteiger partial charge in [-0.15, -0.1) is 0 Å². The molecule has 2 fully saturated rings. The first-order valence-electron chi connectivity index (χ1n) is 5.75. The molecule has 1 aliphatic carbocycles. The van der Waals surface area contributed by atoms with Gasteiger partial charge in [0.1, 0.15) is 0 Å². The van der Waals surface area contributed by atoms with Gasteiger partial charge in [-0.1, -0.05) is 0 Å². The van der Waals surface area contributed by atoms with Crippen molar-refractivity contribution < 1.29 is 14.3 Å². The van der Waals surface area contributed by atoms with E-state index in [9.17, 15) is 4.79 Å². The lowest BCUT2D eigenvalue weighted by molar-refractivity contribution is -0.257. The van der Waals surface area contributed by atoms with Gasteiger partial charge in [0, 0.05) is 18.9 Å². The van der Waals surface area contributed by atoms with Gasteiger partial charge >= 0.3 is 0 Å². The first kappa shape index (κ1) is 10.9. The molecule has 15 heavy (non-hydrogen) atoms. The minimum absolute atomic E-state index is 0.189. The molecule has 0 aromatic rings. The normalized spacial score (nSPS) is 24.9. The van der Waals surface area contributed by atoms with Crippen molar-refractivity contribution in [2.24, 2.45) is 5.92 Å². The second-order valence-electron chi connectivity index (χ2n) is 4.50. The zero-order valence-corrected chi connectivity index (χ0v) is 9.25. The molecular weight excluding hydrogens is 194 g/mol. The fourth-order valence-corrected chi connectivity index (χ4v) is 1.72. The largest absolute Gasteiger partial charge is 0.356 e. The third kappa shape index (κ3) is 3.18. The average Bonchev–Trinajstić information content (AvgIpc) is 3.01. The van der Waals surface area contributed by atoms with E-state index in [4.69, 9.17) is 9.47 Å². The molecule has 1 heterocycles. The molecule has 2 rings (SSSR count). The van der Waals surface area contributed by atoms with Crippen molar-refractivity contribution >= 4 is 5.91 Å². The highest BCUT2D eigenvalue weighted by Gasteiger charge is 2.31. The van der Waals surface area contributed by atoms with Crippen LogP contribution < -0.4 is 5.32 Å². The Kier molecular flexibility index (Phi) is 3.26. The molecule has 1 aliphatic heterocycles. The van der Waals surface area contributed by atoms with Gasteiger partial charge in [0.2, 0.25) is 5.91 Å². The van der Waals surface area contributed by atoms with Crippen LogP contribution in [0.1, 0.15) is 32.6 Å². The van der Waals surface area contributed by atoms with Gasteiger partial charge in [-0.05, 0) is 26.2 Å². The lowest BCUT2D eigenvalue weighted by Gasteiger charge is -2.33. The molecule has 0 unspecified atom stereocenters. The molecule has 0 spiro atoms. The van der Waals surface area contributed by atoms with Gasteiger partial charge in [0.25, 0.3) is 0 Å². The van der Waals surface area contributed by atoms with Crippen LogP contribution in [-0.4, -0.2) is 31.5 Å². The molecule has 0 atom stereocenters. The fraction of sp³-hybridized carbons (Fsp3) is 0.909. The van der Waals surface area contributed by atoms with E-state index in [-0.39, 0.29) is 11.8 Å². The molecule has 86 valence electrons. The third-order valence-corrected chi connectivity index (χ3v) is 2.93. The number of carbonyl (C=O) groups excluding carboxylic acids is 1. The predicted octanol–water partition coefficient (Wildman–Crippen LogP) is 1.06. The van der Waals surface area contributed by atoms with Crippen molar-refractivity contribution in [3.05, 3.63) is 0 Å². The van der Waals surface area contributed by atoms with Crippen LogP contribution in [0.2, 0.25) is 0 Å². The lowest BCUT2D eigenvalue weighted by atomic mass is 10.2. The van der Waals surface area contributed by atoms with Gasteiger partial charge < -0.3 is 14.8 Å². The zero-order chi connectivity index (χ0) is 10.7. The molecule has 2 aliphatic rings. The van der Waals surface area contributed by atoms with Crippen LogP contribution in [0.15, 0.2) is 0 Å². The Morgan fingerprint density at radius 2 is 2.07 bits per heavy atom. The Morgan fingerprint density at radius 1 is 1.40 bits per heavy atom. The van der Waals surface area contributed by atoms with E-state index in [0.29, 0.717) is 6.54 Å². The summed E-state index contributed by atoms with van der Waals surface area (Å²) in [5, 5.41) is 2.92. The van der Waals surface area contributed by atoms with E-state index in [2.05, 4.69) is 5.32 Å². The topological polar surface area (TPSA) is 47.6 Å². The molecule has 4 nitrogen and oxygen atoms in total. The van der Waals surface area contributed by atoms with E-state index >= 15 is 0 Å². The maximum Gasteiger partial charge on any atom is 0.223 e. The van der Waals surface area contributed by atoms with Gasteiger partial charge in [0.15, 0.2) is 5.79 Å². The van der Waals surface area contributed by atoms with Crippen molar-refractivity contribution in [1.29, 1.82) is 0 Å². The first-order valence-corrected chi connectivity index (χ1v) is 5.75. The standard InChI is InChI=1S/C11H19NO3/c1-11(14-7-2-8-15-11)5-6-12-10(13)9-3-4-9/h9H,2-8H2,1H3,(H,12,13). The van der Waals surface area contributed by atoms with Crippen LogP contribution in [-0.2, 0) is 14.3 Å². The highest BCUT2D eigenvalue weighted by molar-refractivity contribution is 5.80.